The molecule has 1 aliphatic heterocycles. The average Bonchev–Trinajstić information content (AvgIpc) is 2.26. The Labute approximate surface area is 131 Å². The van der Waals surface area contributed by atoms with Crippen LogP contribution in [0, 0.1) is 13.8 Å². The molecule has 0 saturated carbocycles. The summed E-state index contributed by atoms with van der Waals surface area (Å²) in [6.07, 6.45) is 2.02. The van der Waals surface area contributed by atoms with Crippen LogP contribution < -0.4 is 3.61 Å². The van der Waals surface area contributed by atoms with Crippen molar-refractivity contribution in [1.29, 1.82) is 0 Å². The second-order valence-electron chi connectivity index (χ2n) is 4.29. The molecule has 0 N–H and O–H groups in total. The second-order valence-corrected chi connectivity index (χ2v) is 57.6. The maximum atomic E-state index is 6.20. The van der Waals surface area contributed by atoms with Crippen molar-refractivity contribution in [2.45, 2.75) is 13.8 Å². The van der Waals surface area contributed by atoms with E-state index in [1.165, 1.54) is 20.4 Å². The molecule has 1 heterocycles. The maximum absolute atomic E-state index is 6.20. The Bertz CT molecular complexity index is 565. The first kappa shape index (κ1) is 15.7. The third kappa shape index (κ3) is 2.68. The Balaban J connectivity index is 2.82. The predicted molar refractivity (Wildman–Crippen MR) is 94.9 cm³/mol. The van der Waals surface area contributed by atoms with Gasteiger partial charge in [-0.25, -0.2) is 0 Å². The van der Waals surface area contributed by atoms with E-state index in [9.17, 15) is 0 Å². The summed E-state index contributed by atoms with van der Waals surface area (Å²) >= 11 is 13.1. The Morgan fingerprint density at radius 3 is 2.28 bits per heavy atom. The normalized spacial score (nSPS) is 22.7. The first-order chi connectivity index (χ1) is 8.14. The Kier molecular flexibility index (Phi) is 4.28. The van der Waals surface area contributed by atoms with Crippen LogP contribution in [0.15, 0.2) is 12.1 Å². The van der Waals surface area contributed by atoms with Gasteiger partial charge in [-0.05, 0) is 0 Å². The molecule has 2 rings (SSSR count). The molecule has 0 unspecified atom stereocenters. The van der Waals surface area contributed by atoms with Gasteiger partial charge in [-0.15, -0.1) is 0 Å². The minimum absolute atomic E-state index is 0.901. The topological polar surface area (TPSA) is 12.2 Å². The summed E-state index contributed by atoms with van der Waals surface area (Å²) in [5, 5.41) is 0.901. The minimum atomic E-state index is -3.69. The average molecular weight is 577 g/mol. The van der Waals surface area contributed by atoms with Crippen LogP contribution in [-0.2, 0) is 3.10 Å². The number of rotatable bonds is 0. The quantitative estimate of drug-likeness (QED) is 0.344. The molecule has 0 amide bonds. The third-order valence-electron chi connectivity index (χ3n) is 3.00. The molecule has 1 aromatic carbocycles. The van der Waals surface area contributed by atoms with E-state index in [4.69, 9.17) is 3.10 Å². The van der Waals surface area contributed by atoms with E-state index in [1.54, 1.807) is 11.8 Å². The molecule has 0 saturated heterocycles. The van der Waals surface area contributed by atoms with E-state index < -0.39 is 10.6 Å². The van der Waals surface area contributed by atoms with Gasteiger partial charge in [-0.3, -0.25) is 0 Å². The van der Waals surface area contributed by atoms with Crippen LogP contribution in [0.4, 0.5) is 5.69 Å². The van der Waals surface area contributed by atoms with E-state index in [1.807, 2.05) is 13.3 Å². The summed E-state index contributed by atoms with van der Waals surface area (Å²) in [6.45, 7) is 4.26. The molecular formula is C11H15Br3NOSTe+. The summed E-state index contributed by atoms with van der Waals surface area (Å²) in [7, 11) is -1.65. The van der Waals surface area contributed by atoms with E-state index in [2.05, 4.69) is 68.8 Å². The number of aryl methyl sites for hydroxylation is 2. The molecule has 7 heteroatoms. The van der Waals surface area contributed by atoms with Crippen LogP contribution in [0.5, 0.6) is 0 Å². The summed E-state index contributed by atoms with van der Waals surface area (Å²) in [5.41, 5.74) is 3.76. The van der Waals surface area contributed by atoms with Gasteiger partial charge < -0.3 is 0 Å². The molecule has 18 heavy (non-hydrogen) atoms. The molecule has 0 radical (unpaired) electrons. The fraction of sp³-hybridized carbons (Fsp3) is 0.364. The van der Waals surface area contributed by atoms with Gasteiger partial charge >= 0.3 is 133 Å². The molecule has 0 aliphatic carbocycles. The standard InChI is InChI=1S/C11H15Br3NOSTe/c1-7-5-9-10(6-8(7)2)18(12,13,14)16-11(17-4)15(9)3/h5-6,18H,1-4H3/q+1. The number of halogens is 3. The van der Waals surface area contributed by atoms with Crippen molar-refractivity contribution < 1.29 is 7.68 Å². The first-order valence-corrected chi connectivity index (χ1v) is 26.0. The van der Waals surface area contributed by atoms with Crippen molar-refractivity contribution in [3.63, 3.8) is 0 Å². The van der Waals surface area contributed by atoms with Crippen molar-refractivity contribution >= 4 is 75.2 Å². The molecule has 0 atom stereocenters. The van der Waals surface area contributed by atoms with Gasteiger partial charge in [0.15, 0.2) is 0 Å². The number of benzene rings is 1. The number of nitrogens with zero attached hydrogens (tertiary/aromatic N) is 1. The van der Waals surface area contributed by atoms with Crippen LogP contribution in [0.3, 0.4) is 0 Å². The van der Waals surface area contributed by atoms with Crippen LogP contribution in [0.2, 0.25) is 0 Å². The Hall–Kier alpha value is 1.27. The van der Waals surface area contributed by atoms with Crippen LogP contribution >= 0.6 is 50.0 Å². The summed E-state index contributed by atoms with van der Waals surface area (Å²) in [4.78, 5) is 0. The molecule has 1 aliphatic rings. The third-order valence-corrected chi connectivity index (χ3v) is 19.2. The molecular weight excluding hydrogens is 562 g/mol. The molecule has 0 fully saturated rings. The molecule has 2 nitrogen and oxygen atoms in total. The van der Waals surface area contributed by atoms with Gasteiger partial charge in [-0.2, -0.15) is 0 Å². The molecule has 0 spiro atoms. The van der Waals surface area contributed by atoms with Crippen molar-refractivity contribution in [3.8, 4) is 0 Å². The number of thioether (sulfide) groups is 1. The van der Waals surface area contributed by atoms with Gasteiger partial charge in [0.05, 0.1) is 0 Å². The summed E-state index contributed by atoms with van der Waals surface area (Å²) in [6, 6.07) is 4.43. The van der Waals surface area contributed by atoms with Crippen molar-refractivity contribution in [3.05, 3.63) is 23.3 Å². The van der Waals surface area contributed by atoms with Gasteiger partial charge in [-0.1, -0.05) is 0 Å². The zero-order valence-electron chi connectivity index (χ0n) is 10.5. The van der Waals surface area contributed by atoms with E-state index in [0.717, 1.165) is 5.23 Å². The number of fused-ring (bicyclic) bond motifs is 1. The van der Waals surface area contributed by atoms with E-state index in [0.29, 0.717) is 0 Å². The SMILES string of the molecule is CSC1=[N+](C)c2cc(C)c(C)cc2[TeH](Br)(Br)(Br)O1. The van der Waals surface area contributed by atoms with Crippen molar-refractivity contribution in [2.24, 2.45) is 0 Å². The van der Waals surface area contributed by atoms with Gasteiger partial charge in [0.1, 0.15) is 0 Å². The fourth-order valence-electron chi connectivity index (χ4n) is 1.84. The summed E-state index contributed by atoms with van der Waals surface area (Å²) in [5.74, 6) is 0. The molecule has 1 aromatic rings. The van der Waals surface area contributed by atoms with Gasteiger partial charge in [0.25, 0.3) is 0 Å². The van der Waals surface area contributed by atoms with E-state index in [-0.39, 0.29) is 0 Å². The van der Waals surface area contributed by atoms with Crippen molar-refractivity contribution in [2.75, 3.05) is 13.3 Å². The van der Waals surface area contributed by atoms with Crippen LogP contribution in [0.1, 0.15) is 11.1 Å². The summed E-state index contributed by atoms with van der Waals surface area (Å²) < 4.78 is 9.50. The Morgan fingerprint density at radius 1 is 1.17 bits per heavy atom. The number of hydrogen-bond donors (Lipinski definition) is 0. The zero-order chi connectivity index (χ0) is 13.7. The van der Waals surface area contributed by atoms with Gasteiger partial charge in [0, 0.05) is 0 Å². The monoisotopic (exact) mass is 576 g/mol. The zero-order valence-corrected chi connectivity index (χ0v) is 18.6. The number of hydrogen-bond acceptors (Lipinski definition) is 2. The second kappa shape index (κ2) is 4.92. The Morgan fingerprint density at radius 2 is 1.72 bits per heavy atom. The molecule has 0 aromatic heterocycles. The predicted octanol–water partition coefficient (Wildman–Crippen LogP) is 3.84. The molecule has 102 valence electrons. The fourth-order valence-corrected chi connectivity index (χ4v) is 18.4. The van der Waals surface area contributed by atoms with Gasteiger partial charge in [0.2, 0.25) is 0 Å². The van der Waals surface area contributed by atoms with Crippen LogP contribution in [0.25, 0.3) is 0 Å². The van der Waals surface area contributed by atoms with Crippen molar-refractivity contribution in [1.82, 2.24) is 0 Å². The van der Waals surface area contributed by atoms with Crippen LogP contribution in [-0.4, -0.2) is 33.7 Å². The molecule has 0 bridgehead atoms. The van der Waals surface area contributed by atoms with E-state index >= 15 is 0 Å². The first-order valence-electron chi connectivity index (χ1n) is 5.28.